The van der Waals surface area contributed by atoms with Crippen molar-refractivity contribution in [3.05, 3.63) is 60.2 Å². The number of carbonyl (C=O) groups is 2. The van der Waals surface area contributed by atoms with E-state index in [0.29, 0.717) is 5.75 Å². The summed E-state index contributed by atoms with van der Waals surface area (Å²) in [5.74, 6) is 0.566. The molecule has 3 atom stereocenters. The van der Waals surface area contributed by atoms with E-state index in [1.807, 2.05) is 56.3 Å². The number of β-lactam (4-membered cyclic amide) rings is 1. The SMILES string of the molecule is COC(=O)[C@H](C(C)C)N1C(=O)[C@@H](Oc2ccccc2)[C@H]1c1ccc(OC)cc1. The zero-order chi connectivity index (χ0) is 20.3. The summed E-state index contributed by atoms with van der Waals surface area (Å²) in [6.45, 7) is 3.79. The number of likely N-dealkylation sites (tertiary alicyclic amines) is 1. The fraction of sp³-hybridized carbons (Fsp3) is 0.364. The summed E-state index contributed by atoms with van der Waals surface area (Å²) >= 11 is 0. The van der Waals surface area contributed by atoms with Crippen molar-refractivity contribution in [2.24, 2.45) is 5.92 Å². The Balaban J connectivity index is 1.96. The largest absolute Gasteiger partial charge is 0.497 e. The summed E-state index contributed by atoms with van der Waals surface area (Å²) < 4.78 is 16.2. The van der Waals surface area contributed by atoms with Crippen molar-refractivity contribution in [3.63, 3.8) is 0 Å². The molecule has 0 N–H and O–H groups in total. The molecule has 0 aromatic heterocycles. The quantitative estimate of drug-likeness (QED) is 0.543. The maximum absolute atomic E-state index is 13.0. The van der Waals surface area contributed by atoms with Crippen molar-refractivity contribution in [3.8, 4) is 11.5 Å². The Hall–Kier alpha value is -3.02. The zero-order valence-electron chi connectivity index (χ0n) is 16.5. The van der Waals surface area contributed by atoms with Crippen LogP contribution in [0.1, 0.15) is 25.5 Å². The predicted octanol–water partition coefficient (Wildman–Crippen LogP) is 3.22. The fourth-order valence-electron chi connectivity index (χ4n) is 3.52. The molecule has 0 aliphatic carbocycles. The lowest BCUT2D eigenvalue weighted by molar-refractivity contribution is -0.180. The van der Waals surface area contributed by atoms with Crippen LogP contribution in [0.15, 0.2) is 54.6 Å². The van der Waals surface area contributed by atoms with Gasteiger partial charge in [0, 0.05) is 0 Å². The molecular formula is C22H25NO5. The molecule has 2 aromatic rings. The topological polar surface area (TPSA) is 65.1 Å². The van der Waals surface area contributed by atoms with Crippen LogP contribution in [0.25, 0.3) is 0 Å². The van der Waals surface area contributed by atoms with Crippen LogP contribution in [-0.2, 0) is 14.3 Å². The van der Waals surface area contributed by atoms with Crippen LogP contribution < -0.4 is 9.47 Å². The third-order valence-corrected chi connectivity index (χ3v) is 4.92. The smallest absolute Gasteiger partial charge is 0.328 e. The average molecular weight is 383 g/mol. The molecule has 28 heavy (non-hydrogen) atoms. The van der Waals surface area contributed by atoms with E-state index in [-0.39, 0.29) is 11.8 Å². The molecule has 6 nitrogen and oxygen atoms in total. The lowest BCUT2D eigenvalue weighted by Crippen LogP contribution is -2.67. The van der Waals surface area contributed by atoms with Crippen LogP contribution in [0.4, 0.5) is 0 Å². The van der Waals surface area contributed by atoms with Gasteiger partial charge < -0.3 is 19.1 Å². The average Bonchev–Trinajstić information content (AvgIpc) is 2.72. The summed E-state index contributed by atoms with van der Waals surface area (Å²) in [6, 6.07) is 15.6. The number of para-hydroxylation sites is 1. The van der Waals surface area contributed by atoms with Crippen molar-refractivity contribution in [1.82, 2.24) is 4.90 Å². The van der Waals surface area contributed by atoms with Gasteiger partial charge in [0.15, 0.2) is 0 Å². The lowest BCUT2D eigenvalue weighted by Gasteiger charge is -2.50. The maximum Gasteiger partial charge on any atom is 0.328 e. The molecule has 1 aliphatic rings. The Morgan fingerprint density at radius 3 is 2.14 bits per heavy atom. The molecule has 148 valence electrons. The van der Waals surface area contributed by atoms with E-state index in [9.17, 15) is 9.59 Å². The van der Waals surface area contributed by atoms with Gasteiger partial charge in [-0.3, -0.25) is 4.79 Å². The minimum absolute atomic E-state index is 0.102. The van der Waals surface area contributed by atoms with E-state index >= 15 is 0 Å². The van der Waals surface area contributed by atoms with Crippen LogP contribution in [0.2, 0.25) is 0 Å². The van der Waals surface area contributed by atoms with Crippen LogP contribution in [0.5, 0.6) is 11.5 Å². The molecule has 1 aliphatic heterocycles. The second kappa shape index (κ2) is 8.33. The van der Waals surface area contributed by atoms with Crippen LogP contribution in [0.3, 0.4) is 0 Å². The summed E-state index contributed by atoms with van der Waals surface area (Å²) in [7, 11) is 2.93. The number of esters is 1. The highest BCUT2D eigenvalue weighted by Gasteiger charge is 2.55. The third-order valence-electron chi connectivity index (χ3n) is 4.92. The summed E-state index contributed by atoms with van der Waals surface area (Å²) in [5, 5.41) is 0. The van der Waals surface area contributed by atoms with Crippen LogP contribution >= 0.6 is 0 Å². The Bertz CT molecular complexity index is 819. The molecule has 0 unspecified atom stereocenters. The summed E-state index contributed by atoms with van der Waals surface area (Å²) in [4.78, 5) is 27.0. The first-order chi connectivity index (χ1) is 13.5. The first-order valence-corrected chi connectivity index (χ1v) is 9.23. The number of amides is 1. The third kappa shape index (κ3) is 3.67. The highest BCUT2D eigenvalue weighted by atomic mass is 16.5. The Kier molecular flexibility index (Phi) is 5.87. The lowest BCUT2D eigenvalue weighted by atomic mass is 9.85. The van der Waals surface area contributed by atoms with Gasteiger partial charge in [-0.25, -0.2) is 4.79 Å². The van der Waals surface area contributed by atoms with Crippen molar-refractivity contribution in [2.75, 3.05) is 14.2 Å². The number of benzene rings is 2. The van der Waals surface area contributed by atoms with Crippen LogP contribution in [0, 0.1) is 5.92 Å². The number of ether oxygens (including phenoxy) is 3. The second-order valence-corrected chi connectivity index (χ2v) is 7.03. The zero-order valence-corrected chi connectivity index (χ0v) is 16.5. The fourth-order valence-corrected chi connectivity index (χ4v) is 3.52. The van der Waals surface area contributed by atoms with E-state index in [0.717, 1.165) is 11.3 Å². The number of hydrogen-bond donors (Lipinski definition) is 0. The van der Waals surface area contributed by atoms with Crippen molar-refractivity contribution in [2.45, 2.75) is 32.0 Å². The Morgan fingerprint density at radius 1 is 0.964 bits per heavy atom. The van der Waals surface area contributed by atoms with E-state index in [4.69, 9.17) is 14.2 Å². The van der Waals surface area contributed by atoms with Gasteiger partial charge in [-0.05, 0) is 35.7 Å². The Labute approximate surface area is 165 Å². The van der Waals surface area contributed by atoms with Crippen molar-refractivity contribution < 1.29 is 23.8 Å². The molecule has 1 saturated heterocycles. The van der Waals surface area contributed by atoms with Crippen molar-refractivity contribution >= 4 is 11.9 Å². The van der Waals surface area contributed by atoms with Crippen molar-refractivity contribution in [1.29, 1.82) is 0 Å². The van der Waals surface area contributed by atoms with Gasteiger partial charge in [0.1, 0.15) is 23.6 Å². The minimum Gasteiger partial charge on any atom is -0.497 e. The number of carbonyl (C=O) groups excluding carboxylic acids is 2. The van der Waals surface area contributed by atoms with Gasteiger partial charge in [-0.2, -0.15) is 0 Å². The molecule has 2 aromatic carbocycles. The normalized spacial score (nSPS) is 19.8. The monoisotopic (exact) mass is 383 g/mol. The molecule has 3 rings (SSSR count). The molecule has 0 bridgehead atoms. The van der Waals surface area contributed by atoms with Gasteiger partial charge in [-0.1, -0.05) is 44.2 Å². The molecule has 6 heteroatoms. The van der Waals surface area contributed by atoms with Gasteiger partial charge in [0.25, 0.3) is 5.91 Å². The van der Waals surface area contributed by atoms with E-state index in [2.05, 4.69) is 0 Å². The molecule has 0 saturated carbocycles. The standard InChI is InChI=1S/C22H25NO5/c1-14(2)18(22(25)27-4)23-19(15-10-12-16(26-3)13-11-15)20(21(23)24)28-17-8-6-5-7-9-17/h5-14,18-20H,1-4H3/t18-,19+,20-/m0/s1. The number of nitrogens with zero attached hydrogens (tertiary/aromatic N) is 1. The van der Waals surface area contributed by atoms with Gasteiger partial charge in [-0.15, -0.1) is 0 Å². The number of methoxy groups -OCH3 is 2. The highest BCUT2D eigenvalue weighted by Crippen LogP contribution is 2.41. The molecular weight excluding hydrogens is 358 g/mol. The molecule has 1 amide bonds. The molecule has 0 radical (unpaired) electrons. The van der Waals surface area contributed by atoms with Gasteiger partial charge in [0.2, 0.25) is 6.10 Å². The van der Waals surface area contributed by atoms with E-state index in [1.54, 1.807) is 24.1 Å². The highest BCUT2D eigenvalue weighted by molar-refractivity contribution is 5.93. The predicted molar refractivity (Wildman–Crippen MR) is 104 cm³/mol. The second-order valence-electron chi connectivity index (χ2n) is 7.03. The van der Waals surface area contributed by atoms with E-state index < -0.39 is 24.2 Å². The first kappa shape index (κ1) is 19.7. The Morgan fingerprint density at radius 2 is 1.61 bits per heavy atom. The van der Waals surface area contributed by atoms with E-state index in [1.165, 1.54) is 7.11 Å². The first-order valence-electron chi connectivity index (χ1n) is 9.23. The molecule has 1 heterocycles. The van der Waals surface area contributed by atoms with Gasteiger partial charge >= 0.3 is 5.97 Å². The van der Waals surface area contributed by atoms with Gasteiger partial charge in [0.05, 0.1) is 14.2 Å². The maximum atomic E-state index is 13.0. The minimum atomic E-state index is -0.707. The molecule has 1 fully saturated rings. The number of hydrogen-bond acceptors (Lipinski definition) is 5. The molecule has 0 spiro atoms. The summed E-state index contributed by atoms with van der Waals surface area (Å²) in [5.41, 5.74) is 0.871. The number of rotatable bonds is 7. The summed E-state index contributed by atoms with van der Waals surface area (Å²) in [6.07, 6.45) is -0.707. The van der Waals surface area contributed by atoms with Crippen LogP contribution in [-0.4, -0.2) is 43.1 Å².